The molecule has 0 saturated carbocycles. The van der Waals surface area contributed by atoms with Crippen LogP contribution in [0.15, 0.2) is 30.6 Å². The Kier molecular flexibility index (Phi) is 4.02. The molecule has 7 heteroatoms. The van der Waals surface area contributed by atoms with Gasteiger partial charge in [0, 0.05) is 11.6 Å². The molecule has 1 aromatic carbocycles. The molecule has 0 aliphatic rings. The van der Waals surface area contributed by atoms with Gasteiger partial charge in [-0.15, -0.1) is 0 Å². The van der Waals surface area contributed by atoms with Crippen LogP contribution in [0.5, 0.6) is 11.5 Å². The van der Waals surface area contributed by atoms with E-state index in [-0.39, 0.29) is 18.1 Å². The standard InChI is InChI=1S/C14H13F3N2O2/c1-9(2)19-7-12(6-18-19)21-11-4-3-10(8-20)13(5-11)14(15,16)17/h3-9H,1-2H3. The molecule has 0 atom stereocenters. The quantitative estimate of drug-likeness (QED) is 0.799. The van der Waals surface area contributed by atoms with Gasteiger partial charge in [-0.05, 0) is 32.0 Å². The third-order valence-electron chi connectivity index (χ3n) is 2.80. The van der Waals surface area contributed by atoms with Crippen LogP contribution in [0.1, 0.15) is 35.8 Å². The molecule has 4 nitrogen and oxygen atoms in total. The van der Waals surface area contributed by atoms with Crippen LogP contribution in [0.3, 0.4) is 0 Å². The van der Waals surface area contributed by atoms with Gasteiger partial charge in [0.25, 0.3) is 0 Å². The molecule has 0 radical (unpaired) electrons. The van der Waals surface area contributed by atoms with Gasteiger partial charge in [0.15, 0.2) is 12.0 Å². The molecule has 0 fully saturated rings. The topological polar surface area (TPSA) is 44.1 Å². The van der Waals surface area contributed by atoms with Gasteiger partial charge in [0.2, 0.25) is 0 Å². The van der Waals surface area contributed by atoms with Crippen LogP contribution in [0.25, 0.3) is 0 Å². The van der Waals surface area contributed by atoms with Crippen LogP contribution < -0.4 is 4.74 Å². The number of carbonyl (C=O) groups excluding carboxylic acids is 1. The maximum atomic E-state index is 12.8. The monoisotopic (exact) mass is 298 g/mol. The Morgan fingerprint density at radius 3 is 2.52 bits per heavy atom. The zero-order valence-corrected chi connectivity index (χ0v) is 11.4. The second-order valence-corrected chi connectivity index (χ2v) is 4.72. The van der Waals surface area contributed by atoms with Crippen molar-refractivity contribution in [3.63, 3.8) is 0 Å². The molecule has 2 rings (SSSR count). The van der Waals surface area contributed by atoms with Crippen molar-refractivity contribution in [1.29, 1.82) is 0 Å². The van der Waals surface area contributed by atoms with E-state index < -0.39 is 17.3 Å². The van der Waals surface area contributed by atoms with Crippen molar-refractivity contribution >= 4 is 6.29 Å². The highest BCUT2D eigenvalue weighted by molar-refractivity contribution is 5.78. The molecule has 0 unspecified atom stereocenters. The van der Waals surface area contributed by atoms with Crippen molar-refractivity contribution in [3.8, 4) is 11.5 Å². The third-order valence-corrected chi connectivity index (χ3v) is 2.80. The fourth-order valence-electron chi connectivity index (χ4n) is 1.74. The summed E-state index contributed by atoms with van der Waals surface area (Å²) in [4.78, 5) is 10.7. The van der Waals surface area contributed by atoms with Gasteiger partial charge in [0.1, 0.15) is 5.75 Å². The summed E-state index contributed by atoms with van der Waals surface area (Å²) < 4.78 is 45.5. The highest BCUT2D eigenvalue weighted by Gasteiger charge is 2.33. The van der Waals surface area contributed by atoms with Crippen molar-refractivity contribution in [1.82, 2.24) is 9.78 Å². The number of hydrogen-bond donors (Lipinski definition) is 0. The minimum absolute atomic E-state index is 0.00349. The van der Waals surface area contributed by atoms with Crippen LogP contribution in [0.2, 0.25) is 0 Å². The van der Waals surface area contributed by atoms with E-state index in [4.69, 9.17) is 4.74 Å². The molecule has 0 spiro atoms. The Hall–Kier alpha value is -2.31. The average Bonchev–Trinajstić information content (AvgIpc) is 2.86. The highest BCUT2D eigenvalue weighted by Crippen LogP contribution is 2.35. The van der Waals surface area contributed by atoms with Crippen LogP contribution >= 0.6 is 0 Å². The first-order valence-corrected chi connectivity index (χ1v) is 6.19. The molecular weight excluding hydrogens is 285 g/mol. The lowest BCUT2D eigenvalue weighted by molar-refractivity contribution is -0.137. The van der Waals surface area contributed by atoms with Crippen molar-refractivity contribution in [2.24, 2.45) is 0 Å². The number of aromatic nitrogens is 2. The summed E-state index contributed by atoms with van der Waals surface area (Å²) in [7, 11) is 0. The van der Waals surface area contributed by atoms with Gasteiger partial charge >= 0.3 is 6.18 Å². The van der Waals surface area contributed by atoms with Crippen molar-refractivity contribution in [3.05, 3.63) is 41.7 Å². The van der Waals surface area contributed by atoms with E-state index in [1.54, 1.807) is 10.9 Å². The van der Waals surface area contributed by atoms with E-state index in [9.17, 15) is 18.0 Å². The summed E-state index contributed by atoms with van der Waals surface area (Å²) >= 11 is 0. The number of nitrogens with zero attached hydrogens (tertiary/aromatic N) is 2. The number of ether oxygens (including phenoxy) is 1. The molecule has 0 aliphatic heterocycles. The smallest absolute Gasteiger partial charge is 0.417 e. The summed E-state index contributed by atoms with van der Waals surface area (Å²) in [5.41, 5.74) is -1.45. The van der Waals surface area contributed by atoms with Gasteiger partial charge < -0.3 is 4.74 Å². The van der Waals surface area contributed by atoms with E-state index in [0.717, 1.165) is 12.1 Å². The normalized spacial score (nSPS) is 11.7. The zero-order chi connectivity index (χ0) is 15.6. The first kappa shape index (κ1) is 15.1. The number of halogens is 3. The number of hydrogen-bond acceptors (Lipinski definition) is 3. The largest absolute Gasteiger partial charge is 0.454 e. The number of benzene rings is 1. The lowest BCUT2D eigenvalue weighted by Gasteiger charge is -2.11. The maximum absolute atomic E-state index is 12.8. The molecule has 112 valence electrons. The van der Waals surface area contributed by atoms with Crippen molar-refractivity contribution in [2.45, 2.75) is 26.1 Å². The zero-order valence-electron chi connectivity index (χ0n) is 11.4. The van der Waals surface area contributed by atoms with Crippen molar-refractivity contribution in [2.75, 3.05) is 0 Å². The molecule has 0 bridgehead atoms. The minimum Gasteiger partial charge on any atom is -0.454 e. The summed E-state index contributed by atoms with van der Waals surface area (Å²) in [6.07, 6.45) is -1.44. The second kappa shape index (κ2) is 5.59. The fraction of sp³-hybridized carbons (Fsp3) is 0.286. The van der Waals surface area contributed by atoms with E-state index in [1.807, 2.05) is 13.8 Å². The van der Waals surface area contributed by atoms with E-state index in [2.05, 4.69) is 5.10 Å². The number of rotatable bonds is 4. The molecule has 0 amide bonds. The highest BCUT2D eigenvalue weighted by atomic mass is 19.4. The van der Waals surface area contributed by atoms with E-state index >= 15 is 0 Å². The maximum Gasteiger partial charge on any atom is 0.417 e. The molecule has 0 N–H and O–H groups in total. The predicted octanol–water partition coefficient (Wildman–Crippen LogP) is 4.09. The van der Waals surface area contributed by atoms with Crippen molar-refractivity contribution < 1.29 is 22.7 Å². The van der Waals surface area contributed by atoms with E-state index in [0.29, 0.717) is 5.75 Å². The molecular formula is C14H13F3N2O2. The SMILES string of the molecule is CC(C)n1cc(Oc2ccc(C=O)c(C(F)(F)F)c2)cn1. The van der Waals surface area contributed by atoms with Gasteiger partial charge in [-0.3, -0.25) is 9.48 Å². The second-order valence-electron chi connectivity index (χ2n) is 4.72. The molecule has 0 saturated heterocycles. The van der Waals surface area contributed by atoms with Gasteiger partial charge in [-0.2, -0.15) is 18.3 Å². The van der Waals surface area contributed by atoms with Gasteiger partial charge in [-0.25, -0.2) is 0 Å². The first-order valence-electron chi connectivity index (χ1n) is 6.19. The lowest BCUT2D eigenvalue weighted by Crippen LogP contribution is -2.09. The minimum atomic E-state index is -4.61. The van der Waals surface area contributed by atoms with Gasteiger partial charge in [-0.1, -0.05) is 0 Å². The molecule has 0 aliphatic carbocycles. The Bertz CT molecular complexity index is 648. The first-order chi connectivity index (χ1) is 9.81. The number of aldehydes is 1. The average molecular weight is 298 g/mol. The molecule has 21 heavy (non-hydrogen) atoms. The van der Waals surface area contributed by atoms with E-state index in [1.165, 1.54) is 12.3 Å². The Balaban J connectivity index is 2.30. The number of carbonyl (C=O) groups is 1. The predicted molar refractivity (Wildman–Crippen MR) is 69.5 cm³/mol. The lowest BCUT2D eigenvalue weighted by atomic mass is 10.1. The molecule has 2 aromatic rings. The summed E-state index contributed by atoms with van der Waals surface area (Å²) in [6.45, 7) is 3.83. The Morgan fingerprint density at radius 1 is 1.29 bits per heavy atom. The van der Waals surface area contributed by atoms with Crippen LogP contribution in [0.4, 0.5) is 13.2 Å². The van der Waals surface area contributed by atoms with Gasteiger partial charge in [0.05, 0.1) is 18.0 Å². The Morgan fingerprint density at radius 2 is 2.00 bits per heavy atom. The van der Waals surface area contributed by atoms with Crippen LogP contribution in [-0.4, -0.2) is 16.1 Å². The molecule has 1 aromatic heterocycles. The third kappa shape index (κ3) is 3.42. The summed E-state index contributed by atoms with van der Waals surface area (Å²) in [5.74, 6) is 0.326. The number of alkyl halides is 3. The summed E-state index contributed by atoms with van der Waals surface area (Å²) in [5, 5.41) is 4.03. The Labute approximate surface area is 119 Å². The van der Waals surface area contributed by atoms with Crippen LogP contribution in [-0.2, 0) is 6.18 Å². The fourth-order valence-corrected chi connectivity index (χ4v) is 1.74. The summed E-state index contributed by atoms with van der Waals surface area (Å²) in [6, 6.07) is 3.31. The molecule has 1 heterocycles. The van der Waals surface area contributed by atoms with Crippen LogP contribution in [0, 0.1) is 0 Å².